The van der Waals surface area contributed by atoms with Crippen molar-refractivity contribution in [2.24, 2.45) is 5.92 Å². The first-order chi connectivity index (χ1) is 20.7. The lowest BCUT2D eigenvalue weighted by Crippen LogP contribution is -2.61. The molecular formula is C35H42O7. The maximum absolute atomic E-state index is 13.0. The fraction of sp³-hybridized carbons (Fsp3) is 0.457. The number of rotatable bonds is 13. The molecule has 2 fully saturated rings. The van der Waals surface area contributed by atoms with Gasteiger partial charge >= 0.3 is 5.97 Å². The number of hydrogen-bond donors (Lipinski definition) is 0. The first kappa shape index (κ1) is 30.4. The van der Waals surface area contributed by atoms with Gasteiger partial charge in [0.1, 0.15) is 31.0 Å². The van der Waals surface area contributed by atoms with Gasteiger partial charge < -0.3 is 28.4 Å². The highest BCUT2D eigenvalue weighted by molar-refractivity contribution is 5.72. The zero-order chi connectivity index (χ0) is 29.0. The number of esters is 1. The minimum Gasteiger partial charge on any atom is -0.463 e. The first-order valence-corrected chi connectivity index (χ1v) is 15.0. The zero-order valence-electron chi connectivity index (χ0n) is 24.3. The molecule has 3 aromatic carbocycles. The van der Waals surface area contributed by atoms with Crippen LogP contribution in [-0.2, 0) is 53.0 Å². The summed E-state index contributed by atoms with van der Waals surface area (Å²) in [5.41, 5.74) is 3.08. The van der Waals surface area contributed by atoms with E-state index in [-0.39, 0.29) is 18.5 Å². The van der Waals surface area contributed by atoms with E-state index >= 15 is 0 Å². The van der Waals surface area contributed by atoms with Crippen LogP contribution in [0, 0.1) is 5.92 Å². The van der Waals surface area contributed by atoms with E-state index < -0.39 is 30.7 Å². The van der Waals surface area contributed by atoms with E-state index in [9.17, 15) is 4.79 Å². The van der Waals surface area contributed by atoms with Crippen molar-refractivity contribution in [1.29, 1.82) is 0 Å². The average Bonchev–Trinajstić information content (AvgIpc) is 3.06. The topological polar surface area (TPSA) is 72.5 Å². The Morgan fingerprint density at radius 2 is 1.14 bits per heavy atom. The molecule has 5 rings (SSSR count). The van der Waals surface area contributed by atoms with Crippen molar-refractivity contribution < 1.29 is 33.2 Å². The van der Waals surface area contributed by atoms with Gasteiger partial charge in [0.25, 0.3) is 0 Å². The van der Waals surface area contributed by atoms with Crippen LogP contribution in [0.15, 0.2) is 91.0 Å². The largest absolute Gasteiger partial charge is 0.463 e. The summed E-state index contributed by atoms with van der Waals surface area (Å²) in [6.07, 6.45) is 1.95. The molecule has 1 aliphatic heterocycles. The highest BCUT2D eigenvalue weighted by Gasteiger charge is 2.49. The summed E-state index contributed by atoms with van der Waals surface area (Å²) in [6, 6.07) is 29.9. The number of carbonyl (C=O) groups excluding carboxylic acids is 1. The number of methoxy groups -OCH3 is 1. The quantitative estimate of drug-likeness (QED) is 0.224. The van der Waals surface area contributed by atoms with Gasteiger partial charge in [-0.1, -0.05) is 110 Å². The van der Waals surface area contributed by atoms with Crippen molar-refractivity contribution in [3.63, 3.8) is 0 Å². The van der Waals surface area contributed by atoms with E-state index in [2.05, 4.69) is 0 Å². The van der Waals surface area contributed by atoms with Crippen LogP contribution in [0.4, 0.5) is 0 Å². The SMILES string of the molecule is CO[C@H]1O[C@H](COC(=O)C2CCCCC2)[C@@H](OCc2ccccc2)[C@H](OCc2ccccc2)[C@H]1OCc1ccccc1. The maximum atomic E-state index is 13.0. The molecule has 0 aromatic heterocycles. The smallest absolute Gasteiger partial charge is 0.309 e. The van der Waals surface area contributed by atoms with Gasteiger partial charge in [0, 0.05) is 7.11 Å². The molecule has 1 aliphatic carbocycles. The number of carbonyl (C=O) groups is 1. The average molecular weight is 575 g/mol. The summed E-state index contributed by atoms with van der Waals surface area (Å²) in [5.74, 6) is -0.227. The van der Waals surface area contributed by atoms with Crippen LogP contribution in [0.2, 0.25) is 0 Å². The molecular weight excluding hydrogens is 532 g/mol. The third kappa shape index (κ3) is 8.49. The molecule has 1 saturated carbocycles. The van der Waals surface area contributed by atoms with E-state index in [1.807, 2.05) is 91.0 Å². The third-order valence-corrected chi connectivity index (χ3v) is 8.01. The van der Waals surface area contributed by atoms with Crippen LogP contribution in [-0.4, -0.2) is 50.4 Å². The molecule has 1 heterocycles. The second-order valence-electron chi connectivity index (χ2n) is 11.0. The Bertz CT molecular complexity index is 1180. The Balaban J connectivity index is 1.38. The fourth-order valence-electron chi connectivity index (χ4n) is 5.69. The van der Waals surface area contributed by atoms with Crippen LogP contribution < -0.4 is 0 Å². The highest BCUT2D eigenvalue weighted by atomic mass is 16.7. The lowest BCUT2D eigenvalue weighted by atomic mass is 9.89. The molecule has 0 radical (unpaired) electrons. The van der Waals surface area contributed by atoms with Crippen LogP contribution in [0.1, 0.15) is 48.8 Å². The van der Waals surface area contributed by atoms with E-state index in [4.69, 9.17) is 28.4 Å². The lowest BCUT2D eigenvalue weighted by Gasteiger charge is -2.45. The summed E-state index contributed by atoms with van der Waals surface area (Å²) < 4.78 is 37.7. The lowest BCUT2D eigenvalue weighted by molar-refractivity contribution is -0.322. The summed E-state index contributed by atoms with van der Waals surface area (Å²) in [5, 5.41) is 0. The van der Waals surface area contributed by atoms with Crippen molar-refractivity contribution >= 4 is 5.97 Å². The summed E-state index contributed by atoms with van der Waals surface area (Å²) in [7, 11) is 1.59. The minimum atomic E-state index is -0.746. The Labute approximate surface area is 249 Å². The highest BCUT2D eigenvalue weighted by Crippen LogP contribution is 2.32. The van der Waals surface area contributed by atoms with E-state index in [1.165, 1.54) is 6.42 Å². The first-order valence-electron chi connectivity index (χ1n) is 15.0. The summed E-state index contributed by atoms with van der Waals surface area (Å²) in [4.78, 5) is 13.0. The molecule has 7 nitrogen and oxygen atoms in total. The van der Waals surface area contributed by atoms with Gasteiger partial charge in [0.05, 0.1) is 25.7 Å². The second kappa shape index (κ2) is 16.0. The molecule has 224 valence electrons. The predicted molar refractivity (Wildman–Crippen MR) is 158 cm³/mol. The van der Waals surface area contributed by atoms with Gasteiger partial charge in [-0.2, -0.15) is 0 Å². The van der Waals surface area contributed by atoms with Crippen molar-refractivity contribution in [2.75, 3.05) is 13.7 Å². The van der Waals surface area contributed by atoms with Gasteiger partial charge in [0.15, 0.2) is 6.29 Å². The van der Waals surface area contributed by atoms with Crippen LogP contribution >= 0.6 is 0 Å². The summed E-state index contributed by atoms with van der Waals surface area (Å²) in [6.45, 7) is 1.10. The fourth-order valence-corrected chi connectivity index (χ4v) is 5.69. The van der Waals surface area contributed by atoms with Crippen LogP contribution in [0.5, 0.6) is 0 Å². The Morgan fingerprint density at radius 3 is 1.64 bits per heavy atom. The van der Waals surface area contributed by atoms with Crippen molar-refractivity contribution in [1.82, 2.24) is 0 Å². The van der Waals surface area contributed by atoms with E-state index in [0.717, 1.165) is 42.4 Å². The predicted octanol–water partition coefficient (Wildman–Crippen LogP) is 6.24. The third-order valence-electron chi connectivity index (χ3n) is 8.01. The molecule has 1 saturated heterocycles. The van der Waals surface area contributed by atoms with Gasteiger partial charge in [-0.25, -0.2) is 0 Å². The van der Waals surface area contributed by atoms with Gasteiger partial charge in [0.2, 0.25) is 0 Å². The molecule has 0 unspecified atom stereocenters. The molecule has 2 aliphatic rings. The monoisotopic (exact) mass is 574 g/mol. The molecule has 0 N–H and O–H groups in total. The molecule has 0 bridgehead atoms. The second-order valence-corrected chi connectivity index (χ2v) is 11.0. The van der Waals surface area contributed by atoms with Gasteiger partial charge in [-0.15, -0.1) is 0 Å². The molecule has 42 heavy (non-hydrogen) atoms. The maximum Gasteiger partial charge on any atom is 0.309 e. The molecule has 5 atom stereocenters. The Hall–Kier alpha value is -3.07. The van der Waals surface area contributed by atoms with Crippen molar-refractivity contribution in [3.05, 3.63) is 108 Å². The Morgan fingerprint density at radius 1 is 0.667 bits per heavy atom. The Kier molecular flexibility index (Phi) is 11.5. The minimum absolute atomic E-state index is 0.0469. The normalized spacial score (nSPS) is 24.7. The summed E-state index contributed by atoms with van der Waals surface area (Å²) >= 11 is 0. The molecule has 0 spiro atoms. The van der Waals surface area contributed by atoms with Crippen molar-refractivity contribution in [2.45, 2.75) is 82.6 Å². The van der Waals surface area contributed by atoms with E-state index in [1.54, 1.807) is 7.11 Å². The molecule has 7 heteroatoms. The van der Waals surface area contributed by atoms with Gasteiger partial charge in [-0.05, 0) is 29.5 Å². The zero-order valence-corrected chi connectivity index (χ0v) is 24.3. The standard InChI is InChI=1S/C35H42O7/c1-37-35-33(40-24-28-18-10-4-11-19-28)32(39-23-27-16-8-3-9-17-27)31(38-22-26-14-6-2-7-15-26)30(42-35)25-41-34(36)29-20-12-5-13-21-29/h2-4,6-11,14-19,29-33,35H,5,12-13,20-25H2,1H3/t30-,31-,32+,33-,35+/m1/s1. The van der Waals surface area contributed by atoms with Crippen molar-refractivity contribution in [3.8, 4) is 0 Å². The number of benzene rings is 3. The number of hydrogen-bond acceptors (Lipinski definition) is 7. The van der Waals surface area contributed by atoms with Crippen LogP contribution in [0.3, 0.4) is 0 Å². The van der Waals surface area contributed by atoms with Gasteiger partial charge in [-0.3, -0.25) is 4.79 Å². The number of ether oxygens (including phenoxy) is 6. The van der Waals surface area contributed by atoms with Crippen LogP contribution in [0.25, 0.3) is 0 Å². The molecule has 3 aromatic rings. The van der Waals surface area contributed by atoms with E-state index in [0.29, 0.717) is 19.8 Å². The molecule has 0 amide bonds.